The van der Waals surface area contributed by atoms with Crippen molar-refractivity contribution < 1.29 is 9.53 Å². The van der Waals surface area contributed by atoms with E-state index in [0.717, 1.165) is 22.5 Å². The number of fused-ring (bicyclic) bond motifs is 1. The van der Waals surface area contributed by atoms with Crippen molar-refractivity contribution in [3.63, 3.8) is 0 Å². The van der Waals surface area contributed by atoms with E-state index in [4.69, 9.17) is 21.3 Å². The van der Waals surface area contributed by atoms with E-state index in [9.17, 15) is 4.79 Å². The number of benzene rings is 3. The molecule has 0 bridgehead atoms. The van der Waals surface area contributed by atoms with Gasteiger partial charge >= 0.3 is 0 Å². The zero-order valence-electron chi connectivity index (χ0n) is 15.9. The number of rotatable bonds is 6. The topological polar surface area (TPSA) is 56.1 Å². The average molecular weight is 406 g/mol. The highest BCUT2D eigenvalue weighted by molar-refractivity contribution is 6.31. The summed E-state index contributed by atoms with van der Waals surface area (Å²) < 4.78 is 7.39. The summed E-state index contributed by atoms with van der Waals surface area (Å²) in [6.45, 7) is 0. The number of aryl methyl sites for hydroxylation is 1. The van der Waals surface area contributed by atoms with Crippen molar-refractivity contribution in [2.75, 3.05) is 12.4 Å². The van der Waals surface area contributed by atoms with Gasteiger partial charge in [0.1, 0.15) is 11.6 Å². The molecule has 4 rings (SSSR count). The van der Waals surface area contributed by atoms with Crippen LogP contribution in [0.1, 0.15) is 12.2 Å². The highest BCUT2D eigenvalue weighted by atomic mass is 35.5. The van der Waals surface area contributed by atoms with Crippen LogP contribution >= 0.6 is 11.6 Å². The molecule has 0 spiro atoms. The van der Waals surface area contributed by atoms with E-state index in [1.165, 1.54) is 0 Å². The summed E-state index contributed by atoms with van der Waals surface area (Å²) >= 11 is 6.04. The predicted molar refractivity (Wildman–Crippen MR) is 116 cm³/mol. The molecule has 0 fully saturated rings. The first kappa shape index (κ1) is 19.0. The Morgan fingerprint density at radius 3 is 2.62 bits per heavy atom. The molecular weight excluding hydrogens is 386 g/mol. The number of hydrogen-bond acceptors (Lipinski definition) is 3. The van der Waals surface area contributed by atoms with Gasteiger partial charge in [0.05, 0.1) is 23.8 Å². The van der Waals surface area contributed by atoms with E-state index in [-0.39, 0.29) is 12.3 Å². The molecule has 0 atom stereocenters. The molecule has 5 nitrogen and oxygen atoms in total. The first-order valence-electron chi connectivity index (χ1n) is 9.31. The van der Waals surface area contributed by atoms with Crippen LogP contribution in [0, 0.1) is 0 Å². The molecule has 0 aliphatic heterocycles. The molecule has 4 aromatic rings. The first-order chi connectivity index (χ1) is 14.2. The van der Waals surface area contributed by atoms with Gasteiger partial charge < -0.3 is 10.1 Å². The van der Waals surface area contributed by atoms with E-state index in [1.54, 1.807) is 25.3 Å². The molecule has 6 heteroatoms. The zero-order chi connectivity index (χ0) is 20.2. The molecule has 0 saturated heterocycles. The summed E-state index contributed by atoms with van der Waals surface area (Å²) in [7, 11) is 1.56. The van der Waals surface area contributed by atoms with Gasteiger partial charge in [-0.05, 0) is 42.5 Å². The summed E-state index contributed by atoms with van der Waals surface area (Å²) in [5.74, 6) is 1.28. The highest BCUT2D eigenvalue weighted by Crippen LogP contribution is 2.28. The average Bonchev–Trinajstić information content (AvgIpc) is 3.11. The number of aromatic nitrogens is 2. The molecule has 0 saturated carbocycles. The Kier molecular flexibility index (Phi) is 5.49. The van der Waals surface area contributed by atoms with Gasteiger partial charge in [-0.1, -0.05) is 41.9 Å². The number of hydrogen-bond donors (Lipinski definition) is 1. The fourth-order valence-electron chi connectivity index (χ4n) is 3.32. The van der Waals surface area contributed by atoms with Crippen LogP contribution in [0.15, 0.2) is 72.8 Å². The molecule has 1 N–H and O–H groups in total. The largest absolute Gasteiger partial charge is 0.495 e. The van der Waals surface area contributed by atoms with Gasteiger partial charge in [-0.2, -0.15) is 0 Å². The Labute approximate surface area is 173 Å². The van der Waals surface area contributed by atoms with Crippen molar-refractivity contribution in [2.45, 2.75) is 12.8 Å². The van der Waals surface area contributed by atoms with Crippen molar-refractivity contribution >= 4 is 34.2 Å². The number of nitrogens with one attached hydrogen (secondary N) is 1. The van der Waals surface area contributed by atoms with Crippen molar-refractivity contribution in [3.8, 4) is 11.4 Å². The summed E-state index contributed by atoms with van der Waals surface area (Å²) in [6, 6.07) is 23.1. The number of imidazole rings is 1. The number of carbonyl (C=O) groups is 1. The first-order valence-corrected chi connectivity index (χ1v) is 9.68. The maximum atomic E-state index is 12.6. The van der Waals surface area contributed by atoms with Crippen molar-refractivity contribution in [3.05, 3.63) is 83.6 Å². The van der Waals surface area contributed by atoms with Crippen LogP contribution in [0.2, 0.25) is 5.02 Å². The monoisotopic (exact) mass is 405 g/mol. The quantitative estimate of drug-likeness (QED) is 0.476. The van der Waals surface area contributed by atoms with Crippen molar-refractivity contribution in [1.29, 1.82) is 0 Å². The Morgan fingerprint density at radius 2 is 1.83 bits per heavy atom. The zero-order valence-corrected chi connectivity index (χ0v) is 16.7. The fourth-order valence-corrected chi connectivity index (χ4v) is 3.50. The summed E-state index contributed by atoms with van der Waals surface area (Å²) in [5, 5.41) is 3.41. The van der Waals surface area contributed by atoms with Crippen molar-refractivity contribution in [1.82, 2.24) is 9.55 Å². The second-order valence-electron chi connectivity index (χ2n) is 6.58. The maximum absolute atomic E-state index is 12.6. The second kappa shape index (κ2) is 8.37. The number of halogens is 1. The summed E-state index contributed by atoms with van der Waals surface area (Å²) in [6.07, 6.45) is 0.782. The van der Waals surface area contributed by atoms with Gasteiger partial charge in [0.25, 0.3) is 0 Å². The van der Waals surface area contributed by atoms with Crippen LogP contribution in [0.5, 0.6) is 5.75 Å². The van der Waals surface area contributed by atoms with E-state index in [0.29, 0.717) is 22.9 Å². The van der Waals surface area contributed by atoms with Gasteiger partial charge in [-0.15, -0.1) is 0 Å². The molecular formula is C23H20ClN3O2. The number of methoxy groups -OCH3 is 1. The second-order valence-corrected chi connectivity index (χ2v) is 7.02. The number of para-hydroxylation sites is 3. The van der Waals surface area contributed by atoms with Crippen LogP contribution in [-0.4, -0.2) is 22.6 Å². The van der Waals surface area contributed by atoms with Gasteiger partial charge in [0.2, 0.25) is 5.91 Å². The molecule has 146 valence electrons. The Bertz CT molecular complexity index is 1160. The molecule has 29 heavy (non-hydrogen) atoms. The lowest BCUT2D eigenvalue weighted by Gasteiger charge is -2.11. The maximum Gasteiger partial charge on any atom is 0.224 e. The lowest BCUT2D eigenvalue weighted by atomic mass is 10.2. The molecule has 1 heterocycles. The molecule has 0 unspecified atom stereocenters. The lowest BCUT2D eigenvalue weighted by Crippen LogP contribution is -2.14. The Balaban J connectivity index is 1.57. The number of carbonyl (C=O) groups excluding carboxylic acids is 1. The SMILES string of the molecule is COc1ccc(Cl)cc1NC(=O)CCc1nc2ccccc2n1-c1ccccc1. The Hall–Kier alpha value is -3.31. The van der Waals surface area contributed by atoms with Crippen LogP contribution in [0.25, 0.3) is 16.7 Å². The molecule has 0 aliphatic rings. The third-order valence-electron chi connectivity index (χ3n) is 4.66. The minimum absolute atomic E-state index is 0.128. The van der Waals surface area contributed by atoms with Gasteiger partial charge in [0, 0.05) is 23.6 Å². The summed E-state index contributed by atoms with van der Waals surface area (Å²) in [5.41, 5.74) is 3.50. The van der Waals surface area contributed by atoms with E-state index < -0.39 is 0 Å². The number of nitrogens with zero attached hydrogens (tertiary/aromatic N) is 2. The normalized spacial score (nSPS) is 10.8. The van der Waals surface area contributed by atoms with E-state index in [1.807, 2.05) is 54.6 Å². The van der Waals surface area contributed by atoms with E-state index in [2.05, 4.69) is 9.88 Å². The smallest absolute Gasteiger partial charge is 0.224 e. The molecule has 1 aromatic heterocycles. The number of ether oxygens (including phenoxy) is 1. The van der Waals surface area contributed by atoms with Gasteiger partial charge in [-0.25, -0.2) is 4.98 Å². The number of amides is 1. The van der Waals surface area contributed by atoms with Crippen LogP contribution < -0.4 is 10.1 Å². The third kappa shape index (κ3) is 4.10. The molecule has 1 amide bonds. The standard InChI is InChI=1S/C23H20ClN3O2/c1-29-21-12-11-16(24)15-19(21)26-23(28)14-13-22-25-18-9-5-6-10-20(18)27(22)17-7-3-2-4-8-17/h2-12,15H,13-14H2,1H3,(H,26,28). The van der Waals surface area contributed by atoms with Gasteiger partial charge in [-0.3, -0.25) is 9.36 Å². The van der Waals surface area contributed by atoms with Crippen LogP contribution in [0.4, 0.5) is 5.69 Å². The molecule has 3 aromatic carbocycles. The van der Waals surface area contributed by atoms with Crippen LogP contribution in [0.3, 0.4) is 0 Å². The van der Waals surface area contributed by atoms with Gasteiger partial charge in [0.15, 0.2) is 0 Å². The highest BCUT2D eigenvalue weighted by Gasteiger charge is 2.14. The molecule has 0 aliphatic carbocycles. The Morgan fingerprint density at radius 1 is 1.07 bits per heavy atom. The lowest BCUT2D eigenvalue weighted by molar-refractivity contribution is -0.116. The number of anilines is 1. The van der Waals surface area contributed by atoms with Crippen molar-refractivity contribution in [2.24, 2.45) is 0 Å². The minimum atomic E-state index is -0.128. The predicted octanol–water partition coefficient (Wildman–Crippen LogP) is 5.26. The third-order valence-corrected chi connectivity index (χ3v) is 4.89. The van der Waals surface area contributed by atoms with Crippen LogP contribution in [-0.2, 0) is 11.2 Å². The summed E-state index contributed by atoms with van der Waals surface area (Å²) in [4.78, 5) is 17.3. The fraction of sp³-hybridized carbons (Fsp3) is 0.130. The minimum Gasteiger partial charge on any atom is -0.495 e. The van der Waals surface area contributed by atoms with E-state index >= 15 is 0 Å². The molecule has 0 radical (unpaired) electrons.